The Bertz CT molecular complexity index is 498. The van der Waals surface area contributed by atoms with Crippen LogP contribution in [0.5, 0.6) is 0 Å². The van der Waals surface area contributed by atoms with Gasteiger partial charge in [-0.2, -0.15) is 0 Å². The molecule has 0 heterocycles. The highest BCUT2D eigenvalue weighted by Gasteiger charge is 2.41. The zero-order valence-corrected chi connectivity index (χ0v) is 13.7. The van der Waals surface area contributed by atoms with Crippen molar-refractivity contribution in [1.82, 2.24) is 5.32 Å². The van der Waals surface area contributed by atoms with Crippen molar-refractivity contribution in [1.29, 1.82) is 0 Å². The molecule has 1 aromatic carbocycles. The van der Waals surface area contributed by atoms with Crippen LogP contribution in [-0.2, 0) is 0 Å². The van der Waals surface area contributed by atoms with Crippen LogP contribution in [0.4, 0.5) is 5.69 Å². The molecular weight excluding hydrogens is 284 g/mol. The third kappa shape index (κ3) is 4.37. The SMILES string of the molecule is CCCNc1ccc(Cl)cc1C(=O)NCC1(CCC)CC1. The molecule has 1 saturated carbocycles. The molecule has 0 saturated heterocycles. The van der Waals surface area contributed by atoms with Crippen molar-refractivity contribution in [2.24, 2.45) is 5.41 Å². The first-order valence-corrected chi connectivity index (χ1v) is 8.29. The molecule has 116 valence electrons. The van der Waals surface area contributed by atoms with Gasteiger partial charge in [0.25, 0.3) is 5.91 Å². The van der Waals surface area contributed by atoms with Gasteiger partial charge in [-0.05, 0) is 49.3 Å². The zero-order valence-electron chi connectivity index (χ0n) is 13.0. The minimum Gasteiger partial charge on any atom is -0.384 e. The van der Waals surface area contributed by atoms with Crippen molar-refractivity contribution in [3.63, 3.8) is 0 Å². The molecule has 3 nitrogen and oxygen atoms in total. The van der Waals surface area contributed by atoms with Gasteiger partial charge in [-0.1, -0.05) is 31.9 Å². The lowest BCUT2D eigenvalue weighted by molar-refractivity contribution is 0.0944. The Kier molecular flexibility index (Phi) is 5.51. The smallest absolute Gasteiger partial charge is 0.253 e. The standard InChI is InChI=1S/C17H25ClN2O/c1-3-7-17(8-9-17)12-20-16(21)14-11-13(18)5-6-15(14)19-10-4-2/h5-6,11,19H,3-4,7-10,12H2,1-2H3,(H,20,21). The Hall–Kier alpha value is -1.22. The van der Waals surface area contributed by atoms with Crippen LogP contribution < -0.4 is 10.6 Å². The topological polar surface area (TPSA) is 41.1 Å². The van der Waals surface area contributed by atoms with Gasteiger partial charge in [-0.3, -0.25) is 4.79 Å². The van der Waals surface area contributed by atoms with E-state index >= 15 is 0 Å². The number of carbonyl (C=O) groups excluding carboxylic acids is 1. The van der Waals surface area contributed by atoms with E-state index in [0.717, 1.165) is 25.2 Å². The lowest BCUT2D eigenvalue weighted by Crippen LogP contribution is -2.30. The summed E-state index contributed by atoms with van der Waals surface area (Å²) in [7, 11) is 0. The fourth-order valence-corrected chi connectivity index (χ4v) is 2.88. The monoisotopic (exact) mass is 308 g/mol. The lowest BCUT2D eigenvalue weighted by Gasteiger charge is -2.17. The van der Waals surface area contributed by atoms with E-state index in [0.29, 0.717) is 16.0 Å². The number of carbonyl (C=O) groups is 1. The van der Waals surface area contributed by atoms with Crippen LogP contribution in [0.2, 0.25) is 5.02 Å². The van der Waals surface area contributed by atoms with Crippen molar-refractivity contribution in [2.75, 3.05) is 18.4 Å². The number of hydrogen-bond donors (Lipinski definition) is 2. The second-order valence-electron chi connectivity index (χ2n) is 6.05. The van der Waals surface area contributed by atoms with E-state index < -0.39 is 0 Å². The molecule has 0 aliphatic heterocycles. The summed E-state index contributed by atoms with van der Waals surface area (Å²) in [6, 6.07) is 5.44. The minimum absolute atomic E-state index is 0.0292. The van der Waals surface area contributed by atoms with Crippen molar-refractivity contribution in [2.45, 2.75) is 46.0 Å². The molecule has 0 aromatic heterocycles. The van der Waals surface area contributed by atoms with Gasteiger partial charge in [0.15, 0.2) is 0 Å². The molecular formula is C17H25ClN2O. The van der Waals surface area contributed by atoms with E-state index in [1.54, 1.807) is 6.07 Å². The molecule has 4 heteroatoms. The normalized spacial score (nSPS) is 15.6. The Balaban J connectivity index is 2.02. The van der Waals surface area contributed by atoms with Crippen LogP contribution in [-0.4, -0.2) is 19.0 Å². The van der Waals surface area contributed by atoms with Crippen LogP contribution in [0, 0.1) is 5.41 Å². The van der Waals surface area contributed by atoms with Gasteiger partial charge in [0.05, 0.1) is 5.56 Å². The first-order chi connectivity index (χ1) is 10.1. The molecule has 1 fully saturated rings. The predicted molar refractivity (Wildman–Crippen MR) is 89.1 cm³/mol. The molecule has 0 radical (unpaired) electrons. The van der Waals surface area contributed by atoms with Gasteiger partial charge in [0.2, 0.25) is 0 Å². The quantitative estimate of drug-likeness (QED) is 0.744. The van der Waals surface area contributed by atoms with Crippen LogP contribution >= 0.6 is 11.6 Å². The van der Waals surface area contributed by atoms with Gasteiger partial charge < -0.3 is 10.6 Å². The number of amides is 1. The average molecular weight is 309 g/mol. The first-order valence-electron chi connectivity index (χ1n) is 7.92. The van der Waals surface area contributed by atoms with E-state index in [9.17, 15) is 4.79 Å². The first kappa shape index (κ1) is 16.2. The molecule has 21 heavy (non-hydrogen) atoms. The van der Waals surface area contributed by atoms with Crippen molar-refractivity contribution in [3.05, 3.63) is 28.8 Å². The number of benzene rings is 1. The number of nitrogens with one attached hydrogen (secondary N) is 2. The van der Waals surface area contributed by atoms with Crippen LogP contribution in [0.15, 0.2) is 18.2 Å². The lowest BCUT2D eigenvalue weighted by atomic mass is 10.0. The van der Waals surface area contributed by atoms with E-state index in [2.05, 4.69) is 24.5 Å². The summed E-state index contributed by atoms with van der Waals surface area (Å²) < 4.78 is 0. The molecule has 2 rings (SSSR count). The second kappa shape index (κ2) is 7.17. The molecule has 1 amide bonds. The fourth-order valence-electron chi connectivity index (χ4n) is 2.70. The molecule has 1 aliphatic carbocycles. The van der Waals surface area contributed by atoms with Gasteiger partial charge in [-0.15, -0.1) is 0 Å². The number of hydrogen-bond acceptors (Lipinski definition) is 2. The Morgan fingerprint density at radius 3 is 2.67 bits per heavy atom. The highest BCUT2D eigenvalue weighted by molar-refractivity contribution is 6.31. The number of rotatable bonds is 8. The highest BCUT2D eigenvalue weighted by atomic mass is 35.5. The summed E-state index contributed by atoms with van der Waals surface area (Å²) in [4.78, 5) is 12.4. The summed E-state index contributed by atoms with van der Waals surface area (Å²) in [5.41, 5.74) is 1.86. The summed E-state index contributed by atoms with van der Waals surface area (Å²) in [6.45, 7) is 5.93. The van der Waals surface area contributed by atoms with Gasteiger partial charge in [0.1, 0.15) is 0 Å². The van der Waals surface area contributed by atoms with Gasteiger partial charge in [0, 0.05) is 23.8 Å². The summed E-state index contributed by atoms with van der Waals surface area (Å²) >= 11 is 6.04. The highest BCUT2D eigenvalue weighted by Crippen LogP contribution is 2.48. The Morgan fingerprint density at radius 1 is 1.29 bits per heavy atom. The van der Waals surface area contributed by atoms with Crippen molar-refractivity contribution < 1.29 is 4.79 Å². The maximum atomic E-state index is 12.4. The fraction of sp³-hybridized carbons (Fsp3) is 0.588. The van der Waals surface area contributed by atoms with Crippen LogP contribution in [0.3, 0.4) is 0 Å². The van der Waals surface area contributed by atoms with E-state index in [1.807, 2.05) is 12.1 Å². The van der Waals surface area contributed by atoms with Crippen LogP contribution in [0.25, 0.3) is 0 Å². The van der Waals surface area contributed by atoms with E-state index in [1.165, 1.54) is 25.7 Å². The minimum atomic E-state index is -0.0292. The Labute approximate surface area is 132 Å². The van der Waals surface area contributed by atoms with Crippen molar-refractivity contribution in [3.8, 4) is 0 Å². The maximum Gasteiger partial charge on any atom is 0.253 e. The molecule has 1 aliphatic rings. The maximum absolute atomic E-state index is 12.4. The third-order valence-electron chi connectivity index (χ3n) is 4.15. The third-order valence-corrected chi connectivity index (χ3v) is 4.39. The molecule has 2 N–H and O–H groups in total. The molecule has 0 unspecified atom stereocenters. The van der Waals surface area contributed by atoms with Crippen LogP contribution in [0.1, 0.15) is 56.3 Å². The molecule has 0 atom stereocenters. The zero-order chi connectivity index (χ0) is 15.3. The van der Waals surface area contributed by atoms with Crippen molar-refractivity contribution >= 4 is 23.2 Å². The largest absolute Gasteiger partial charge is 0.384 e. The summed E-state index contributed by atoms with van der Waals surface area (Å²) in [5.74, 6) is -0.0292. The Morgan fingerprint density at radius 2 is 2.05 bits per heavy atom. The van der Waals surface area contributed by atoms with Gasteiger partial charge in [-0.25, -0.2) is 0 Å². The van der Waals surface area contributed by atoms with E-state index in [-0.39, 0.29) is 5.91 Å². The number of halogens is 1. The summed E-state index contributed by atoms with van der Waals surface area (Å²) in [5, 5.41) is 6.98. The van der Waals surface area contributed by atoms with Gasteiger partial charge >= 0.3 is 0 Å². The second-order valence-corrected chi connectivity index (χ2v) is 6.49. The summed E-state index contributed by atoms with van der Waals surface area (Å²) in [6.07, 6.45) is 5.86. The molecule has 0 bridgehead atoms. The van der Waals surface area contributed by atoms with E-state index in [4.69, 9.17) is 11.6 Å². The molecule has 1 aromatic rings. The average Bonchev–Trinajstić information content (AvgIpc) is 3.24. The predicted octanol–water partition coefficient (Wildman–Crippen LogP) is 4.47. The number of anilines is 1. The molecule has 0 spiro atoms.